The fourth-order valence-electron chi connectivity index (χ4n) is 3.78. The van der Waals surface area contributed by atoms with Gasteiger partial charge >= 0.3 is 0 Å². The van der Waals surface area contributed by atoms with Crippen LogP contribution in [0.25, 0.3) is 0 Å². The lowest BCUT2D eigenvalue weighted by Gasteiger charge is -2.37. The van der Waals surface area contributed by atoms with Gasteiger partial charge in [-0.15, -0.1) is 0 Å². The van der Waals surface area contributed by atoms with E-state index in [1.165, 1.54) is 38.6 Å². The molecule has 6 nitrogen and oxygen atoms in total. The van der Waals surface area contributed by atoms with Gasteiger partial charge in [-0.2, -0.15) is 0 Å². The molecular formula is C17H28Cl2N6. The van der Waals surface area contributed by atoms with Crippen LogP contribution in [0.1, 0.15) is 37.9 Å². The van der Waals surface area contributed by atoms with Crippen molar-refractivity contribution in [2.24, 2.45) is 17.4 Å². The second kappa shape index (κ2) is 8.82. The molecule has 0 amide bonds. The van der Waals surface area contributed by atoms with Gasteiger partial charge in [-0.1, -0.05) is 23.2 Å². The molecule has 0 radical (unpaired) electrons. The average Bonchev–Trinajstić information content (AvgIpc) is 2.64. The van der Waals surface area contributed by atoms with Gasteiger partial charge in [0.25, 0.3) is 0 Å². The Balaban J connectivity index is 1.49. The highest BCUT2D eigenvalue weighted by atomic mass is 35.5. The summed E-state index contributed by atoms with van der Waals surface area (Å²) in [6.07, 6.45) is 6.24. The lowest BCUT2D eigenvalue weighted by atomic mass is 9.84. The zero-order valence-corrected chi connectivity index (χ0v) is 16.1. The van der Waals surface area contributed by atoms with Crippen LogP contribution in [0.15, 0.2) is 0 Å². The molecule has 0 aromatic carbocycles. The van der Waals surface area contributed by atoms with Gasteiger partial charge < -0.3 is 16.4 Å². The monoisotopic (exact) mass is 386 g/mol. The summed E-state index contributed by atoms with van der Waals surface area (Å²) in [6.45, 7) is 5.25. The largest absolute Gasteiger partial charge is 0.353 e. The number of hydrogen-bond donors (Lipinski definition) is 2. The molecule has 1 saturated heterocycles. The number of aromatic nitrogens is 2. The predicted octanol–water partition coefficient (Wildman–Crippen LogP) is 2.27. The molecule has 140 valence electrons. The highest BCUT2D eigenvalue weighted by Gasteiger charge is 2.24. The van der Waals surface area contributed by atoms with Crippen LogP contribution in [0.2, 0.25) is 10.2 Å². The third-order valence-corrected chi connectivity index (χ3v) is 6.16. The summed E-state index contributed by atoms with van der Waals surface area (Å²) in [5, 5.41) is 0.705. The molecular weight excluding hydrogens is 359 g/mol. The Hall–Kier alpha value is -0.660. The minimum Gasteiger partial charge on any atom is -0.353 e. The van der Waals surface area contributed by atoms with Gasteiger partial charge in [-0.05, 0) is 44.6 Å². The van der Waals surface area contributed by atoms with Crippen LogP contribution in [0.4, 0.5) is 5.82 Å². The molecule has 1 aliphatic carbocycles. The Morgan fingerprint density at radius 1 is 1.00 bits per heavy atom. The van der Waals surface area contributed by atoms with E-state index < -0.39 is 0 Å². The molecule has 2 fully saturated rings. The molecule has 0 atom stereocenters. The number of halogens is 2. The summed E-state index contributed by atoms with van der Waals surface area (Å²) < 4.78 is 0. The summed E-state index contributed by atoms with van der Waals surface area (Å²) in [4.78, 5) is 13.3. The van der Waals surface area contributed by atoms with E-state index in [2.05, 4.69) is 19.8 Å². The summed E-state index contributed by atoms with van der Waals surface area (Å²) in [5.74, 6) is 2.09. The fourth-order valence-corrected chi connectivity index (χ4v) is 4.16. The van der Waals surface area contributed by atoms with E-state index in [0.717, 1.165) is 32.1 Å². The smallest absolute Gasteiger partial charge is 0.153 e. The molecule has 0 unspecified atom stereocenters. The van der Waals surface area contributed by atoms with E-state index in [4.69, 9.17) is 34.7 Å². The Bertz CT molecular complexity index is 569. The molecule has 2 heterocycles. The lowest BCUT2D eigenvalue weighted by molar-refractivity contribution is 0.216. The van der Waals surface area contributed by atoms with E-state index in [9.17, 15) is 0 Å². The number of rotatable bonds is 5. The van der Waals surface area contributed by atoms with Gasteiger partial charge in [0.15, 0.2) is 11.0 Å². The van der Waals surface area contributed by atoms with Crippen molar-refractivity contribution in [2.75, 3.05) is 37.6 Å². The molecule has 1 aromatic heterocycles. The quantitative estimate of drug-likeness (QED) is 0.754. The summed E-state index contributed by atoms with van der Waals surface area (Å²) in [7, 11) is 0. The van der Waals surface area contributed by atoms with Crippen LogP contribution in [0.3, 0.4) is 0 Å². The first-order valence-corrected chi connectivity index (χ1v) is 9.97. The van der Waals surface area contributed by atoms with Crippen molar-refractivity contribution < 1.29 is 0 Å². The number of hydrogen-bond acceptors (Lipinski definition) is 6. The van der Waals surface area contributed by atoms with Gasteiger partial charge in [0, 0.05) is 32.2 Å². The zero-order valence-electron chi connectivity index (χ0n) is 14.6. The van der Waals surface area contributed by atoms with Gasteiger partial charge in [0.2, 0.25) is 0 Å². The molecule has 0 bridgehead atoms. The lowest BCUT2D eigenvalue weighted by Crippen LogP contribution is -2.47. The minimum atomic E-state index is 0.259. The Morgan fingerprint density at radius 2 is 1.68 bits per heavy atom. The number of nitrogens with zero attached hydrogens (tertiary/aromatic N) is 4. The Kier molecular flexibility index (Phi) is 6.74. The van der Waals surface area contributed by atoms with Gasteiger partial charge in [0.1, 0.15) is 10.8 Å². The number of anilines is 1. The van der Waals surface area contributed by atoms with E-state index in [1.807, 2.05) is 0 Å². The molecule has 1 aromatic rings. The van der Waals surface area contributed by atoms with Gasteiger partial charge in [0.05, 0.1) is 6.54 Å². The van der Waals surface area contributed by atoms with Crippen LogP contribution in [-0.2, 0) is 6.54 Å². The van der Waals surface area contributed by atoms with Crippen LogP contribution < -0.4 is 16.4 Å². The van der Waals surface area contributed by atoms with Crippen molar-refractivity contribution in [3.63, 3.8) is 0 Å². The molecule has 8 heteroatoms. The second-order valence-corrected chi connectivity index (χ2v) is 7.91. The topological polar surface area (TPSA) is 84.3 Å². The average molecular weight is 387 g/mol. The highest BCUT2D eigenvalue weighted by Crippen LogP contribution is 2.30. The SMILES string of the molecule is NCc1nc(Cl)c(Cl)c(N2CCN(CC[C@H]3CC[C@H](N)CC3)CC2)n1. The zero-order chi connectivity index (χ0) is 17.8. The van der Waals surface area contributed by atoms with E-state index in [1.54, 1.807) is 0 Å². The first-order chi connectivity index (χ1) is 12.1. The normalized spacial score (nSPS) is 25.4. The summed E-state index contributed by atoms with van der Waals surface area (Å²) >= 11 is 12.4. The Labute approximate surface area is 159 Å². The minimum absolute atomic E-state index is 0.259. The number of nitrogens with two attached hydrogens (primary N) is 2. The molecule has 4 N–H and O–H groups in total. The number of piperazine rings is 1. The molecule has 3 rings (SSSR count). The van der Waals surface area contributed by atoms with E-state index >= 15 is 0 Å². The first-order valence-electron chi connectivity index (χ1n) is 9.21. The van der Waals surface area contributed by atoms with Gasteiger partial charge in [-0.25, -0.2) is 9.97 Å². The van der Waals surface area contributed by atoms with Gasteiger partial charge in [-0.3, -0.25) is 4.90 Å². The standard InChI is InChI=1S/C17H28Cl2N6/c18-15-16(19)22-14(11-20)23-17(15)25-9-7-24(8-10-25)6-5-12-1-3-13(21)4-2-12/h12-13H,1-11,20-21H2/t12-,13-. The third kappa shape index (κ3) is 4.95. The van der Waals surface area contributed by atoms with Crippen LogP contribution in [0, 0.1) is 5.92 Å². The first kappa shape index (κ1) is 19.1. The van der Waals surface area contributed by atoms with Crippen LogP contribution >= 0.6 is 23.2 Å². The van der Waals surface area contributed by atoms with Crippen molar-refractivity contribution in [1.82, 2.24) is 14.9 Å². The molecule has 25 heavy (non-hydrogen) atoms. The maximum Gasteiger partial charge on any atom is 0.153 e. The summed E-state index contributed by atoms with van der Waals surface area (Å²) in [6, 6.07) is 0.433. The van der Waals surface area contributed by atoms with Crippen LogP contribution in [-0.4, -0.2) is 53.6 Å². The summed E-state index contributed by atoms with van der Waals surface area (Å²) in [5.41, 5.74) is 11.6. The van der Waals surface area contributed by atoms with E-state index in [-0.39, 0.29) is 11.7 Å². The third-order valence-electron chi connectivity index (χ3n) is 5.44. The molecule has 1 aliphatic heterocycles. The van der Waals surface area contributed by atoms with Crippen molar-refractivity contribution >= 4 is 29.0 Å². The molecule has 1 saturated carbocycles. The van der Waals surface area contributed by atoms with E-state index in [0.29, 0.717) is 22.7 Å². The van der Waals surface area contributed by atoms with Crippen molar-refractivity contribution in [2.45, 2.75) is 44.7 Å². The van der Waals surface area contributed by atoms with Crippen LogP contribution in [0.5, 0.6) is 0 Å². The molecule has 2 aliphatic rings. The maximum absolute atomic E-state index is 6.30. The predicted molar refractivity (Wildman–Crippen MR) is 103 cm³/mol. The van der Waals surface area contributed by atoms with Crippen molar-refractivity contribution in [1.29, 1.82) is 0 Å². The second-order valence-electron chi connectivity index (χ2n) is 7.17. The van der Waals surface area contributed by atoms with Crippen molar-refractivity contribution in [3.8, 4) is 0 Å². The Morgan fingerprint density at radius 3 is 2.32 bits per heavy atom. The maximum atomic E-state index is 6.30. The molecule has 0 spiro atoms. The van der Waals surface area contributed by atoms with Crippen molar-refractivity contribution in [3.05, 3.63) is 16.0 Å². The fraction of sp³-hybridized carbons (Fsp3) is 0.765. The highest BCUT2D eigenvalue weighted by molar-refractivity contribution is 6.42.